The van der Waals surface area contributed by atoms with Crippen molar-refractivity contribution in [1.82, 2.24) is 9.99 Å². The molecule has 0 atom stereocenters. The third-order valence-electron chi connectivity index (χ3n) is 4.99. The minimum atomic E-state index is -0.192. The number of nitrogens with one attached hydrogen (secondary N) is 2. The van der Waals surface area contributed by atoms with E-state index in [0.717, 1.165) is 34.3 Å². The van der Waals surface area contributed by atoms with Gasteiger partial charge in [-0.2, -0.15) is 5.10 Å². The van der Waals surface area contributed by atoms with E-state index in [0.29, 0.717) is 0 Å². The molecule has 0 aliphatic carbocycles. The van der Waals surface area contributed by atoms with E-state index in [1.165, 1.54) is 5.56 Å². The van der Waals surface area contributed by atoms with Crippen molar-refractivity contribution >= 4 is 28.7 Å². The molecule has 4 rings (SSSR count). The van der Waals surface area contributed by atoms with E-state index in [1.807, 2.05) is 61.5 Å². The normalized spacial score (nSPS) is 11.1. The van der Waals surface area contributed by atoms with Gasteiger partial charge in [0.1, 0.15) is 0 Å². The van der Waals surface area contributed by atoms with E-state index in [9.17, 15) is 4.79 Å². The summed E-state index contributed by atoms with van der Waals surface area (Å²) in [6, 6.07) is 26.4. The molecular formula is C25H24N4O. The summed E-state index contributed by atoms with van der Waals surface area (Å²) in [7, 11) is 0. The summed E-state index contributed by atoms with van der Waals surface area (Å²) in [5.41, 5.74) is 7.98. The highest BCUT2D eigenvalue weighted by Crippen LogP contribution is 2.21. The zero-order valence-electron chi connectivity index (χ0n) is 16.9. The molecule has 0 aliphatic rings. The van der Waals surface area contributed by atoms with Crippen LogP contribution in [0.4, 0.5) is 5.69 Å². The van der Waals surface area contributed by atoms with E-state index >= 15 is 0 Å². The fourth-order valence-electron chi connectivity index (χ4n) is 3.45. The largest absolute Gasteiger partial charge is 0.376 e. The first-order valence-corrected chi connectivity index (χ1v) is 9.94. The first kappa shape index (κ1) is 19.5. The lowest BCUT2D eigenvalue weighted by atomic mass is 10.2. The van der Waals surface area contributed by atoms with Gasteiger partial charge in [0, 0.05) is 34.9 Å². The summed E-state index contributed by atoms with van der Waals surface area (Å²) in [5, 5.41) is 8.40. The molecule has 5 heteroatoms. The molecule has 5 nitrogen and oxygen atoms in total. The number of hydrogen-bond donors (Lipinski definition) is 2. The second kappa shape index (κ2) is 9.09. The van der Waals surface area contributed by atoms with Gasteiger partial charge in [-0.25, -0.2) is 5.43 Å². The number of benzene rings is 3. The molecule has 30 heavy (non-hydrogen) atoms. The van der Waals surface area contributed by atoms with Crippen LogP contribution in [0.1, 0.15) is 16.7 Å². The van der Waals surface area contributed by atoms with Crippen LogP contribution in [-0.4, -0.2) is 23.2 Å². The molecule has 1 aromatic heterocycles. The summed E-state index contributed by atoms with van der Waals surface area (Å²) in [4.78, 5) is 12.1. The first-order valence-electron chi connectivity index (χ1n) is 9.94. The highest BCUT2D eigenvalue weighted by molar-refractivity contribution is 5.99. The summed E-state index contributed by atoms with van der Waals surface area (Å²) < 4.78 is 2.20. The summed E-state index contributed by atoms with van der Waals surface area (Å²) in [5.74, 6) is -0.192. The molecule has 0 radical (unpaired) electrons. The van der Waals surface area contributed by atoms with Crippen molar-refractivity contribution in [3.63, 3.8) is 0 Å². The van der Waals surface area contributed by atoms with Crippen molar-refractivity contribution in [2.45, 2.75) is 13.5 Å². The number of fused-ring (bicyclic) bond motifs is 1. The predicted molar refractivity (Wildman–Crippen MR) is 123 cm³/mol. The van der Waals surface area contributed by atoms with Crippen molar-refractivity contribution in [3.05, 3.63) is 102 Å². The number of hydrogen-bond acceptors (Lipinski definition) is 3. The van der Waals surface area contributed by atoms with Gasteiger partial charge >= 0.3 is 0 Å². The lowest BCUT2D eigenvalue weighted by molar-refractivity contribution is -0.119. The topological polar surface area (TPSA) is 58.4 Å². The predicted octanol–water partition coefficient (Wildman–Crippen LogP) is 4.56. The molecule has 1 amide bonds. The van der Waals surface area contributed by atoms with Crippen LogP contribution in [0.15, 0.2) is 90.2 Å². The Bertz CT molecular complexity index is 1180. The van der Waals surface area contributed by atoms with Crippen molar-refractivity contribution in [1.29, 1.82) is 0 Å². The summed E-state index contributed by atoms with van der Waals surface area (Å²) in [6.45, 7) is 2.95. The fraction of sp³-hybridized carbons (Fsp3) is 0.120. The number of aryl methyl sites for hydroxylation is 1. The highest BCUT2D eigenvalue weighted by Gasteiger charge is 2.07. The second-order valence-electron chi connectivity index (χ2n) is 7.18. The number of para-hydroxylation sites is 2. The van der Waals surface area contributed by atoms with Crippen LogP contribution in [-0.2, 0) is 11.3 Å². The molecule has 0 spiro atoms. The average Bonchev–Trinajstić information content (AvgIpc) is 3.11. The SMILES string of the molecule is Cc1ccccc1NCC(=O)NN=Cc1cn(Cc2ccccc2)c2ccccc12. The van der Waals surface area contributed by atoms with Gasteiger partial charge in [-0.15, -0.1) is 0 Å². The van der Waals surface area contributed by atoms with E-state index in [4.69, 9.17) is 0 Å². The van der Waals surface area contributed by atoms with Gasteiger partial charge in [0.25, 0.3) is 5.91 Å². The molecular weight excluding hydrogens is 372 g/mol. The molecule has 1 heterocycles. The van der Waals surface area contributed by atoms with Gasteiger partial charge in [0.05, 0.1) is 12.8 Å². The molecule has 0 unspecified atom stereocenters. The Balaban J connectivity index is 1.44. The van der Waals surface area contributed by atoms with Gasteiger partial charge in [-0.1, -0.05) is 66.7 Å². The lowest BCUT2D eigenvalue weighted by Crippen LogP contribution is -2.26. The molecule has 0 saturated heterocycles. The summed E-state index contributed by atoms with van der Waals surface area (Å²) >= 11 is 0. The number of anilines is 1. The maximum absolute atomic E-state index is 12.1. The molecule has 0 bridgehead atoms. The molecule has 0 saturated carbocycles. The Kier molecular flexibility index (Phi) is 5.90. The number of carbonyl (C=O) groups is 1. The molecule has 3 aromatic carbocycles. The van der Waals surface area contributed by atoms with Crippen molar-refractivity contribution in [2.75, 3.05) is 11.9 Å². The zero-order chi connectivity index (χ0) is 20.8. The van der Waals surface area contributed by atoms with Crippen LogP contribution in [0.3, 0.4) is 0 Å². The van der Waals surface area contributed by atoms with E-state index < -0.39 is 0 Å². The lowest BCUT2D eigenvalue weighted by Gasteiger charge is -2.07. The standard InChI is InChI=1S/C25H24N4O/c1-19-9-5-7-13-23(19)26-16-25(30)28-27-15-21-18-29(17-20-10-3-2-4-11-20)24-14-8-6-12-22(21)24/h2-15,18,26H,16-17H2,1H3,(H,28,30). The molecule has 2 N–H and O–H groups in total. The summed E-state index contributed by atoms with van der Waals surface area (Å²) in [6.07, 6.45) is 3.77. The number of nitrogens with zero attached hydrogens (tertiary/aromatic N) is 2. The second-order valence-corrected chi connectivity index (χ2v) is 7.18. The minimum absolute atomic E-state index is 0.165. The third-order valence-corrected chi connectivity index (χ3v) is 4.99. The van der Waals surface area contributed by atoms with Crippen molar-refractivity contribution in [3.8, 4) is 0 Å². The zero-order valence-corrected chi connectivity index (χ0v) is 16.9. The average molecular weight is 396 g/mol. The van der Waals surface area contributed by atoms with Gasteiger partial charge < -0.3 is 9.88 Å². The minimum Gasteiger partial charge on any atom is -0.376 e. The van der Waals surface area contributed by atoms with Gasteiger partial charge in [-0.3, -0.25) is 4.79 Å². The van der Waals surface area contributed by atoms with Crippen LogP contribution < -0.4 is 10.7 Å². The number of amides is 1. The van der Waals surface area contributed by atoms with Crippen LogP contribution in [0.2, 0.25) is 0 Å². The molecule has 0 aliphatic heterocycles. The maximum Gasteiger partial charge on any atom is 0.259 e. The quantitative estimate of drug-likeness (QED) is 0.355. The maximum atomic E-state index is 12.1. The first-order chi connectivity index (χ1) is 14.7. The van der Waals surface area contributed by atoms with E-state index in [2.05, 4.69) is 50.9 Å². The van der Waals surface area contributed by atoms with Crippen LogP contribution in [0.5, 0.6) is 0 Å². The Morgan fingerprint density at radius 2 is 1.70 bits per heavy atom. The number of aromatic nitrogens is 1. The number of hydrazone groups is 1. The van der Waals surface area contributed by atoms with E-state index in [-0.39, 0.29) is 12.5 Å². The van der Waals surface area contributed by atoms with Crippen molar-refractivity contribution < 1.29 is 4.79 Å². The molecule has 150 valence electrons. The van der Waals surface area contributed by atoms with E-state index in [1.54, 1.807) is 6.21 Å². The van der Waals surface area contributed by atoms with Crippen molar-refractivity contribution in [2.24, 2.45) is 5.10 Å². The van der Waals surface area contributed by atoms with Gasteiger partial charge in [0.15, 0.2) is 0 Å². The van der Waals surface area contributed by atoms with Crippen LogP contribution >= 0.6 is 0 Å². The number of carbonyl (C=O) groups excluding carboxylic acids is 1. The van der Waals surface area contributed by atoms with Gasteiger partial charge in [0.2, 0.25) is 0 Å². The molecule has 0 fully saturated rings. The Morgan fingerprint density at radius 1 is 0.967 bits per heavy atom. The Morgan fingerprint density at radius 3 is 2.53 bits per heavy atom. The van der Waals surface area contributed by atoms with Gasteiger partial charge in [-0.05, 0) is 30.2 Å². The number of rotatable bonds is 7. The monoisotopic (exact) mass is 396 g/mol. The van der Waals surface area contributed by atoms with Crippen LogP contribution in [0.25, 0.3) is 10.9 Å². The third kappa shape index (κ3) is 4.58. The van der Waals surface area contributed by atoms with Crippen LogP contribution in [0, 0.1) is 6.92 Å². The smallest absolute Gasteiger partial charge is 0.259 e. The highest BCUT2D eigenvalue weighted by atomic mass is 16.2. The Labute approximate surface area is 176 Å². The fourth-order valence-corrected chi connectivity index (χ4v) is 3.45. The molecule has 4 aromatic rings. The Hall–Kier alpha value is -3.86.